The quantitative estimate of drug-likeness (QED) is 0.849. The van der Waals surface area contributed by atoms with Gasteiger partial charge in [-0.15, -0.1) is 0 Å². The molecule has 0 saturated carbocycles. The van der Waals surface area contributed by atoms with Crippen LogP contribution in [-0.4, -0.2) is 34.1 Å². The summed E-state index contributed by atoms with van der Waals surface area (Å²) in [5, 5.41) is 5.93. The van der Waals surface area contributed by atoms with E-state index in [0.29, 0.717) is 18.7 Å². The number of amides is 3. The molecule has 7 heteroatoms. The topological polar surface area (TPSA) is 79.3 Å². The van der Waals surface area contributed by atoms with Crippen molar-refractivity contribution in [2.45, 2.75) is 46.2 Å². The number of nitrogens with zero attached hydrogens (tertiary/aromatic N) is 3. The summed E-state index contributed by atoms with van der Waals surface area (Å²) in [5.74, 6) is 0.154. The van der Waals surface area contributed by atoms with Crippen LogP contribution in [0.25, 0.3) is 0 Å². The second-order valence-electron chi connectivity index (χ2n) is 7.97. The number of urea groups is 1. The Hall–Kier alpha value is -2.83. The van der Waals surface area contributed by atoms with E-state index in [9.17, 15) is 9.59 Å². The Morgan fingerprint density at radius 2 is 2.00 bits per heavy atom. The summed E-state index contributed by atoms with van der Waals surface area (Å²) in [6.45, 7) is 7.69. The number of hydrogen-bond acceptors (Lipinski definition) is 3. The fourth-order valence-corrected chi connectivity index (χ4v) is 3.11. The highest BCUT2D eigenvalue weighted by molar-refractivity contribution is 5.96. The minimum absolute atomic E-state index is 0.0619. The predicted octanol–water partition coefficient (Wildman–Crippen LogP) is 3.25. The molecule has 3 amide bonds. The van der Waals surface area contributed by atoms with Crippen molar-refractivity contribution in [1.82, 2.24) is 14.9 Å². The van der Waals surface area contributed by atoms with E-state index in [1.807, 2.05) is 35.0 Å². The lowest BCUT2D eigenvalue weighted by atomic mass is 9.86. The zero-order valence-corrected chi connectivity index (χ0v) is 16.1. The molecule has 1 unspecified atom stereocenters. The third-order valence-electron chi connectivity index (χ3n) is 4.81. The van der Waals surface area contributed by atoms with Crippen LogP contribution in [0.5, 0.6) is 0 Å². The maximum atomic E-state index is 12.5. The number of rotatable bonds is 5. The van der Waals surface area contributed by atoms with Gasteiger partial charge in [0.15, 0.2) is 0 Å². The molecule has 1 saturated heterocycles. The van der Waals surface area contributed by atoms with E-state index in [4.69, 9.17) is 0 Å². The van der Waals surface area contributed by atoms with Crippen LogP contribution in [0.2, 0.25) is 0 Å². The minimum Gasteiger partial charge on any atom is -0.335 e. The highest BCUT2D eigenvalue weighted by Gasteiger charge is 2.27. The van der Waals surface area contributed by atoms with Crippen molar-refractivity contribution in [3.63, 3.8) is 0 Å². The molecule has 2 aromatic rings. The average Bonchev–Trinajstić information content (AvgIpc) is 3.26. The van der Waals surface area contributed by atoms with Gasteiger partial charge in [-0.05, 0) is 36.1 Å². The molecule has 0 spiro atoms. The van der Waals surface area contributed by atoms with E-state index in [2.05, 4.69) is 36.4 Å². The lowest BCUT2D eigenvalue weighted by Crippen LogP contribution is -2.47. The van der Waals surface area contributed by atoms with Gasteiger partial charge in [-0.25, -0.2) is 9.78 Å². The molecule has 1 atom stereocenters. The average molecular weight is 369 g/mol. The monoisotopic (exact) mass is 369 g/mol. The van der Waals surface area contributed by atoms with Crippen LogP contribution in [0, 0.1) is 5.41 Å². The summed E-state index contributed by atoms with van der Waals surface area (Å²) in [7, 11) is 0. The lowest BCUT2D eigenvalue weighted by molar-refractivity contribution is -0.117. The fraction of sp³-hybridized carbons (Fsp3) is 0.450. The van der Waals surface area contributed by atoms with Crippen LogP contribution in [0.4, 0.5) is 16.2 Å². The molecule has 27 heavy (non-hydrogen) atoms. The van der Waals surface area contributed by atoms with E-state index >= 15 is 0 Å². The second kappa shape index (κ2) is 7.82. The molecule has 2 N–H and O–H groups in total. The third-order valence-corrected chi connectivity index (χ3v) is 4.81. The zero-order chi connectivity index (χ0) is 19.4. The molecule has 1 aliphatic rings. The largest absolute Gasteiger partial charge is 0.335 e. The molecule has 3 rings (SSSR count). The van der Waals surface area contributed by atoms with Crippen molar-refractivity contribution >= 4 is 23.3 Å². The van der Waals surface area contributed by atoms with Crippen molar-refractivity contribution in [2.75, 3.05) is 16.8 Å². The first-order valence-electron chi connectivity index (χ1n) is 9.26. The molecule has 0 aliphatic carbocycles. The van der Waals surface area contributed by atoms with Crippen molar-refractivity contribution in [1.29, 1.82) is 0 Å². The van der Waals surface area contributed by atoms with Gasteiger partial charge in [-0.3, -0.25) is 4.79 Å². The van der Waals surface area contributed by atoms with Crippen LogP contribution < -0.4 is 15.5 Å². The molecule has 144 valence electrons. The number of anilines is 2. The van der Waals surface area contributed by atoms with Crippen molar-refractivity contribution in [3.8, 4) is 0 Å². The van der Waals surface area contributed by atoms with Gasteiger partial charge < -0.3 is 20.1 Å². The maximum Gasteiger partial charge on any atom is 0.319 e. The first-order valence-corrected chi connectivity index (χ1v) is 9.26. The summed E-state index contributed by atoms with van der Waals surface area (Å²) in [4.78, 5) is 30.1. The van der Waals surface area contributed by atoms with Gasteiger partial charge in [0.2, 0.25) is 5.91 Å². The molecule has 1 aromatic heterocycles. The Kier molecular flexibility index (Phi) is 5.48. The van der Waals surface area contributed by atoms with Gasteiger partial charge in [0.05, 0.1) is 12.4 Å². The van der Waals surface area contributed by atoms with E-state index in [1.165, 1.54) is 0 Å². The van der Waals surface area contributed by atoms with E-state index in [-0.39, 0.29) is 23.4 Å². The Labute approximate surface area is 159 Å². The van der Waals surface area contributed by atoms with Gasteiger partial charge >= 0.3 is 6.03 Å². The van der Waals surface area contributed by atoms with Crippen molar-refractivity contribution < 1.29 is 9.59 Å². The summed E-state index contributed by atoms with van der Waals surface area (Å²) in [5.41, 5.74) is 1.45. The molecule has 1 fully saturated rings. The normalized spacial score (nSPS) is 15.7. The van der Waals surface area contributed by atoms with Crippen LogP contribution in [0.3, 0.4) is 0 Å². The van der Waals surface area contributed by atoms with Gasteiger partial charge in [0, 0.05) is 43.3 Å². The van der Waals surface area contributed by atoms with Crippen molar-refractivity contribution in [2.24, 2.45) is 5.41 Å². The van der Waals surface area contributed by atoms with Crippen LogP contribution in [0.15, 0.2) is 43.0 Å². The first-order chi connectivity index (χ1) is 12.8. The number of carbonyl (C=O) groups is 2. The molecule has 7 nitrogen and oxygen atoms in total. The van der Waals surface area contributed by atoms with Crippen LogP contribution >= 0.6 is 0 Å². The Bertz CT molecular complexity index is 778. The fourth-order valence-electron chi connectivity index (χ4n) is 3.11. The Balaban J connectivity index is 1.60. The number of nitrogens with one attached hydrogen (secondary N) is 2. The minimum atomic E-state index is -0.250. The first kappa shape index (κ1) is 18.9. The van der Waals surface area contributed by atoms with Crippen molar-refractivity contribution in [3.05, 3.63) is 43.0 Å². The molecule has 2 heterocycles. The lowest BCUT2D eigenvalue weighted by Gasteiger charge is -2.31. The predicted molar refractivity (Wildman–Crippen MR) is 106 cm³/mol. The van der Waals surface area contributed by atoms with E-state index in [0.717, 1.165) is 18.7 Å². The summed E-state index contributed by atoms with van der Waals surface area (Å²) in [6.07, 6.45) is 6.86. The van der Waals surface area contributed by atoms with E-state index in [1.54, 1.807) is 17.4 Å². The number of imidazole rings is 1. The molecule has 0 bridgehead atoms. The standard InChI is InChI=1S/C20H27N5O2/c1-20(2,3)17(13-24-12-10-21-14-24)23-19(27)22-15-6-8-16(9-7-15)25-11-4-5-18(25)26/h6-10,12,14,17H,4-5,11,13H2,1-3H3,(H2,22,23,27). The maximum absolute atomic E-state index is 12.5. The highest BCUT2D eigenvalue weighted by atomic mass is 16.2. The van der Waals surface area contributed by atoms with Gasteiger partial charge in [0.25, 0.3) is 0 Å². The Morgan fingerprint density at radius 1 is 1.26 bits per heavy atom. The summed E-state index contributed by atoms with van der Waals surface area (Å²) in [6, 6.07) is 7.07. The molecular formula is C20H27N5O2. The number of carbonyl (C=O) groups excluding carboxylic acids is 2. The summed E-state index contributed by atoms with van der Waals surface area (Å²) < 4.78 is 1.96. The number of benzene rings is 1. The van der Waals surface area contributed by atoms with Gasteiger partial charge in [-0.2, -0.15) is 0 Å². The van der Waals surface area contributed by atoms with Crippen LogP contribution in [-0.2, 0) is 11.3 Å². The van der Waals surface area contributed by atoms with Gasteiger partial charge in [0.1, 0.15) is 0 Å². The molecule has 1 aliphatic heterocycles. The zero-order valence-electron chi connectivity index (χ0n) is 16.1. The second-order valence-corrected chi connectivity index (χ2v) is 7.97. The molecule has 0 radical (unpaired) electrons. The molecular weight excluding hydrogens is 342 g/mol. The Morgan fingerprint density at radius 3 is 2.56 bits per heavy atom. The third kappa shape index (κ3) is 4.87. The van der Waals surface area contributed by atoms with Crippen LogP contribution in [0.1, 0.15) is 33.6 Å². The van der Waals surface area contributed by atoms with Gasteiger partial charge in [-0.1, -0.05) is 20.8 Å². The highest BCUT2D eigenvalue weighted by Crippen LogP contribution is 2.24. The number of aromatic nitrogens is 2. The van der Waals surface area contributed by atoms with E-state index < -0.39 is 0 Å². The summed E-state index contributed by atoms with van der Waals surface area (Å²) >= 11 is 0. The SMILES string of the molecule is CC(C)(C)C(Cn1ccnc1)NC(=O)Nc1ccc(N2CCCC2=O)cc1. The smallest absolute Gasteiger partial charge is 0.319 e. The molecule has 1 aromatic carbocycles. The number of hydrogen-bond donors (Lipinski definition) is 2.